The average Bonchev–Trinajstić information content (AvgIpc) is 2.45. The Morgan fingerprint density at radius 1 is 1.75 bits per heavy atom. The predicted octanol–water partition coefficient (Wildman–Crippen LogP) is 0.771. The maximum absolute atomic E-state index is 10.9. The Balaban J connectivity index is 3.15. The Morgan fingerprint density at radius 2 is 2.42 bits per heavy atom. The van der Waals surface area contributed by atoms with Gasteiger partial charge in [0.15, 0.2) is 12.0 Å². The van der Waals surface area contributed by atoms with E-state index in [1.807, 2.05) is 0 Å². The Labute approximate surface area is 76.2 Å². The molecule has 0 saturated carbocycles. The van der Waals surface area contributed by atoms with Gasteiger partial charge in [-0.1, -0.05) is 0 Å². The molecule has 0 aliphatic heterocycles. The van der Waals surface area contributed by atoms with Gasteiger partial charge in [-0.3, -0.25) is 9.89 Å². The fourth-order valence-electron chi connectivity index (χ4n) is 0.689. The van der Waals surface area contributed by atoms with E-state index in [0.717, 1.165) is 0 Å². The van der Waals surface area contributed by atoms with Crippen molar-refractivity contribution in [3.8, 4) is 0 Å². The van der Waals surface area contributed by atoms with Gasteiger partial charge in [0.25, 0.3) is 0 Å². The number of esters is 1. The molecule has 64 valence electrons. The first-order valence-corrected chi connectivity index (χ1v) is 3.77. The van der Waals surface area contributed by atoms with Crippen LogP contribution in [-0.2, 0) is 4.74 Å². The van der Waals surface area contributed by atoms with Gasteiger partial charge in [-0.2, -0.15) is 5.10 Å². The number of methoxy groups -OCH3 is 1. The fourth-order valence-corrected chi connectivity index (χ4v) is 1.06. The summed E-state index contributed by atoms with van der Waals surface area (Å²) in [4.78, 5) is 21.4. The normalized spacial score (nSPS) is 9.50. The number of halogens is 1. The number of aromatic amines is 1. The zero-order chi connectivity index (χ0) is 9.14. The molecule has 0 atom stereocenters. The topological polar surface area (TPSA) is 72.0 Å². The molecule has 0 fully saturated rings. The van der Waals surface area contributed by atoms with Crippen molar-refractivity contribution < 1.29 is 14.3 Å². The van der Waals surface area contributed by atoms with Crippen LogP contribution in [-0.4, -0.2) is 29.6 Å². The van der Waals surface area contributed by atoms with Crippen LogP contribution in [0.25, 0.3) is 0 Å². The Morgan fingerprint density at radius 3 is 2.92 bits per heavy atom. The lowest BCUT2D eigenvalue weighted by Crippen LogP contribution is -2.04. The van der Waals surface area contributed by atoms with Crippen LogP contribution in [0.5, 0.6) is 0 Å². The molecule has 0 unspecified atom stereocenters. The molecule has 6 heteroatoms. The number of H-pyrrole nitrogens is 1. The van der Waals surface area contributed by atoms with E-state index in [1.165, 1.54) is 7.11 Å². The summed E-state index contributed by atoms with van der Waals surface area (Å²) in [6, 6.07) is 0. The zero-order valence-corrected chi connectivity index (χ0v) is 7.71. The van der Waals surface area contributed by atoms with Gasteiger partial charge in [0.2, 0.25) is 0 Å². The Bertz CT molecular complexity index is 321. The average molecular weight is 233 g/mol. The van der Waals surface area contributed by atoms with Gasteiger partial charge in [0, 0.05) is 0 Å². The standard InChI is InChI=1S/C6H5BrN2O3/c1-12-6(11)4-3(2-10)5(7)9-8-4/h2H,1H3,(H,8,9). The Hall–Kier alpha value is -1.17. The number of nitrogens with one attached hydrogen (secondary N) is 1. The van der Waals surface area contributed by atoms with Crippen LogP contribution in [0.3, 0.4) is 0 Å². The minimum absolute atomic E-state index is 0.0145. The second-order valence-corrected chi connectivity index (χ2v) is 2.70. The zero-order valence-electron chi connectivity index (χ0n) is 6.13. The molecule has 5 nitrogen and oxygen atoms in total. The molecule has 0 aromatic carbocycles. The van der Waals surface area contributed by atoms with Gasteiger partial charge < -0.3 is 4.74 Å². The number of aromatic nitrogens is 2. The van der Waals surface area contributed by atoms with Crippen molar-refractivity contribution in [1.29, 1.82) is 0 Å². The molecule has 0 aliphatic carbocycles. The summed E-state index contributed by atoms with van der Waals surface area (Å²) in [5.41, 5.74) is 0.154. The maximum Gasteiger partial charge on any atom is 0.359 e. The van der Waals surface area contributed by atoms with E-state index in [1.54, 1.807) is 0 Å². The summed E-state index contributed by atoms with van der Waals surface area (Å²) in [5.74, 6) is -0.640. The van der Waals surface area contributed by atoms with Gasteiger partial charge in [-0.15, -0.1) is 0 Å². The molecule has 0 spiro atoms. The highest BCUT2D eigenvalue weighted by atomic mass is 79.9. The Kier molecular flexibility index (Phi) is 2.59. The van der Waals surface area contributed by atoms with Crippen LogP contribution < -0.4 is 0 Å². The SMILES string of the molecule is COC(=O)c1n[nH]c(Br)c1C=O. The number of carbonyl (C=O) groups is 2. The molecule has 0 amide bonds. The van der Waals surface area contributed by atoms with Crippen LogP contribution in [0.2, 0.25) is 0 Å². The van der Waals surface area contributed by atoms with Gasteiger partial charge >= 0.3 is 5.97 Å². The van der Waals surface area contributed by atoms with Crippen molar-refractivity contribution in [2.24, 2.45) is 0 Å². The molecule has 1 heterocycles. The largest absolute Gasteiger partial charge is 0.464 e. The first-order chi connectivity index (χ1) is 5.70. The highest BCUT2D eigenvalue weighted by Gasteiger charge is 2.17. The van der Waals surface area contributed by atoms with E-state index in [4.69, 9.17) is 0 Å². The van der Waals surface area contributed by atoms with E-state index < -0.39 is 5.97 Å². The number of hydrogen-bond acceptors (Lipinski definition) is 4. The highest BCUT2D eigenvalue weighted by Crippen LogP contribution is 2.15. The molecule has 12 heavy (non-hydrogen) atoms. The fraction of sp³-hybridized carbons (Fsp3) is 0.167. The summed E-state index contributed by atoms with van der Waals surface area (Å²) in [5, 5.41) is 6.02. The van der Waals surface area contributed by atoms with Crippen molar-refractivity contribution in [3.05, 3.63) is 15.9 Å². The lowest BCUT2D eigenvalue weighted by atomic mass is 10.3. The molecule has 1 aromatic rings. The second-order valence-electron chi connectivity index (χ2n) is 1.91. The quantitative estimate of drug-likeness (QED) is 0.604. The number of hydrogen-bond donors (Lipinski definition) is 1. The number of carbonyl (C=O) groups excluding carboxylic acids is 2. The number of aldehydes is 1. The molecule has 0 radical (unpaired) electrons. The van der Waals surface area contributed by atoms with Crippen molar-refractivity contribution >= 4 is 28.2 Å². The molecular weight excluding hydrogens is 228 g/mol. The van der Waals surface area contributed by atoms with Crippen molar-refractivity contribution in [3.63, 3.8) is 0 Å². The number of ether oxygens (including phenoxy) is 1. The monoisotopic (exact) mass is 232 g/mol. The third-order valence-corrected chi connectivity index (χ3v) is 1.86. The van der Waals surface area contributed by atoms with Gasteiger partial charge in [0.1, 0.15) is 4.60 Å². The molecule has 0 aliphatic rings. The smallest absolute Gasteiger partial charge is 0.359 e. The lowest BCUT2D eigenvalue weighted by molar-refractivity contribution is 0.0591. The lowest BCUT2D eigenvalue weighted by Gasteiger charge is -1.92. The summed E-state index contributed by atoms with van der Waals surface area (Å²) in [6.07, 6.45) is 0.528. The predicted molar refractivity (Wildman–Crippen MR) is 43.0 cm³/mol. The maximum atomic E-state index is 10.9. The van der Waals surface area contributed by atoms with Crippen LogP contribution in [0.4, 0.5) is 0 Å². The highest BCUT2D eigenvalue weighted by molar-refractivity contribution is 9.10. The van der Waals surface area contributed by atoms with Crippen molar-refractivity contribution in [1.82, 2.24) is 10.2 Å². The molecular formula is C6H5BrN2O3. The van der Waals surface area contributed by atoms with Gasteiger partial charge in [-0.25, -0.2) is 4.79 Å². The number of nitrogens with zero attached hydrogens (tertiary/aromatic N) is 1. The molecule has 0 saturated heterocycles. The van der Waals surface area contributed by atoms with Gasteiger partial charge in [-0.05, 0) is 15.9 Å². The summed E-state index contributed by atoms with van der Waals surface area (Å²) in [7, 11) is 1.22. The number of rotatable bonds is 2. The van der Waals surface area contributed by atoms with Crippen LogP contribution >= 0.6 is 15.9 Å². The van der Waals surface area contributed by atoms with E-state index in [0.29, 0.717) is 10.9 Å². The molecule has 1 rings (SSSR count). The summed E-state index contributed by atoms with van der Waals surface area (Å²) < 4.78 is 4.76. The van der Waals surface area contributed by atoms with Crippen LogP contribution in [0, 0.1) is 0 Å². The first kappa shape index (κ1) is 8.92. The van der Waals surface area contributed by atoms with Crippen LogP contribution in [0.15, 0.2) is 4.60 Å². The van der Waals surface area contributed by atoms with E-state index in [9.17, 15) is 9.59 Å². The summed E-state index contributed by atoms with van der Waals surface area (Å²) in [6.45, 7) is 0. The van der Waals surface area contributed by atoms with Gasteiger partial charge in [0.05, 0.1) is 12.7 Å². The third kappa shape index (κ3) is 1.38. The minimum Gasteiger partial charge on any atom is -0.464 e. The molecule has 0 bridgehead atoms. The third-order valence-electron chi connectivity index (χ3n) is 1.25. The molecule has 1 aromatic heterocycles. The van der Waals surface area contributed by atoms with Crippen LogP contribution in [0.1, 0.15) is 20.8 Å². The minimum atomic E-state index is -0.640. The van der Waals surface area contributed by atoms with E-state index in [-0.39, 0.29) is 11.3 Å². The molecule has 1 N–H and O–H groups in total. The van der Waals surface area contributed by atoms with E-state index >= 15 is 0 Å². The van der Waals surface area contributed by atoms with Crippen molar-refractivity contribution in [2.45, 2.75) is 0 Å². The second kappa shape index (κ2) is 3.48. The van der Waals surface area contributed by atoms with Crippen molar-refractivity contribution in [2.75, 3.05) is 7.11 Å². The van der Waals surface area contributed by atoms with E-state index in [2.05, 4.69) is 30.9 Å². The summed E-state index contributed by atoms with van der Waals surface area (Å²) >= 11 is 3.02. The first-order valence-electron chi connectivity index (χ1n) is 2.98.